The molecule has 21 heavy (non-hydrogen) atoms. The summed E-state index contributed by atoms with van der Waals surface area (Å²) in [5.41, 5.74) is 2.56. The lowest BCUT2D eigenvalue weighted by atomic mass is 9.86. The van der Waals surface area contributed by atoms with Crippen LogP contribution < -0.4 is 5.69 Å². The minimum atomic E-state index is -0.175. The summed E-state index contributed by atoms with van der Waals surface area (Å²) in [5.74, 6) is 0.520. The minimum absolute atomic E-state index is 0.000257. The number of nitrogens with one attached hydrogen (secondary N) is 2. The number of hydrogen-bond donors (Lipinski definition) is 2. The minimum Gasteiger partial charge on any atom is -0.306 e. The zero-order chi connectivity index (χ0) is 14.8. The molecule has 1 saturated carbocycles. The van der Waals surface area contributed by atoms with Gasteiger partial charge in [-0.25, -0.2) is 4.79 Å². The summed E-state index contributed by atoms with van der Waals surface area (Å²) in [6, 6.07) is 3.95. The van der Waals surface area contributed by atoms with Gasteiger partial charge in [0.25, 0.3) is 0 Å². The summed E-state index contributed by atoms with van der Waals surface area (Å²) in [6.07, 6.45) is 8.95. The number of H-pyrrole nitrogens is 2. The van der Waals surface area contributed by atoms with Crippen molar-refractivity contribution in [2.24, 2.45) is 5.92 Å². The normalized spacial score (nSPS) is 19.3. The molecule has 0 radical (unpaired) electrons. The SMILES string of the molecule is O=c1[nH]c2cc(Br)c(C(Cl)C3CCCCCCC3)cc2[nH]1. The first-order valence-corrected chi connectivity index (χ1v) is 8.93. The molecule has 3 nitrogen and oxygen atoms in total. The Morgan fingerprint density at radius 3 is 2.29 bits per heavy atom. The first kappa shape index (κ1) is 15.2. The van der Waals surface area contributed by atoms with E-state index in [9.17, 15) is 4.79 Å². The number of hydrogen-bond acceptors (Lipinski definition) is 1. The molecule has 1 unspecified atom stereocenters. The van der Waals surface area contributed by atoms with Crippen LogP contribution >= 0.6 is 27.5 Å². The van der Waals surface area contributed by atoms with Gasteiger partial charge in [-0.15, -0.1) is 11.6 Å². The van der Waals surface area contributed by atoms with Crippen LogP contribution in [0.15, 0.2) is 21.4 Å². The highest BCUT2D eigenvalue weighted by molar-refractivity contribution is 9.10. The summed E-state index contributed by atoms with van der Waals surface area (Å²) in [4.78, 5) is 17.0. The Hall–Kier alpha value is -0.740. The summed E-state index contributed by atoms with van der Waals surface area (Å²) in [6.45, 7) is 0. The van der Waals surface area contributed by atoms with Crippen molar-refractivity contribution in [3.8, 4) is 0 Å². The second kappa shape index (κ2) is 6.57. The fraction of sp³-hybridized carbons (Fsp3) is 0.562. The third kappa shape index (κ3) is 3.37. The fourth-order valence-electron chi connectivity index (χ4n) is 3.32. The van der Waals surface area contributed by atoms with E-state index >= 15 is 0 Å². The third-order valence-corrected chi connectivity index (χ3v) is 5.77. The highest BCUT2D eigenvalue weighted by Gasteiger charge is 2.24. The average Bonchev–Trinajstić information content (AvgIpc) is 2.76. The smallest absolute Gasteiger partial charge is 0.306 e. The standard InChI is InChI=1S/C16H20BrClN2O/c17-12-9-14-13(19-16(21)20-14)8-11(12)15(18)10-6-4-2-1-3-5-7-10/h8-10,15H,1-7H2,(H2,19,20,21). The van der Waals surface area contributed by atoms with E-state index in [1.807, 2.05) is 12.1 Å². The molecule has 0 spiro atoms. The van der Waals surface area contributed by atoms with Crippen molar-refractivity contribution < 1.29 is 0 Å². The van der Waals surface area contributed by atoms with Crippen molar-refractivity contribution in [1.82, 2.24) is 9.97 Å². The van der Waals surface area contributed by atoms with Crippen LogP contribution in [0.2, 0.25) is 0 Å². The Bertz CT molecular complexity index is 670. The van der Waals surface area contributed by atoms with Gasteiger partial charge in [-0.1, -0.05) is 48.0 Å². The molecule has 1 atom stereocenters. The molecular weight excluding hydrogens is 352 g/mol. The summed E-state index contributed by atoms with van der Waals surface area (Å²) >= 11 is 10.4. The van der Waals surface area contributed by atoms with Crippen LogP contribution in [-0.2, 0) is 0 Å². The molecule has 0 saturated heterocycles. The van der Waals surface area contributed by atoms with Gasteiger partial charge in [0.1, 0.15) is 0 Å². The van der Waals surface area contributed by atoms with Crippen LogP contribution in [0, 0.1) is 5.92 Å². The number of fused-ring (bicyclic) bond motifs is 1. The van der Waals surface area contributed by atoms with E-state index in [2.05, 4.69) is 25.9 Å². The van der Waals surface area contributed by atoms with Gasteiger partial charge >= 0.3 is 5.69 Å². The van der Waals surface area contributed by atoms with Gasteiger partial charge in [0.15, 0.2) is 0 Å². The van der Waals surface area contributed by atoms with Crippen molar-refractivity contribution in [3.63, 3.8) is 0 Å². The van der Waals surface area contributed by atoms with Crippen molar-refractivity contribution >= 4 is 38.6 Å². The molecule has 1 aromatic heterocycles. The second-order valence-electron chi connectivity index (χ2n) is 6.01. The molecule has 5 heteroatoms. The van der Waals surface area contributed by atoms with E-state index in [1.165, 1.54) is 44.9 Å². The number of aromatic nitrogens is 2. The molecule has 0 amide bonds. The highest BCUT2D eigenvalue weighted by Crippen LogP contribution is 2.41. The number of halogens is 2. The maximum Gasteiger partial charge on any atom is 0.323 e. The highest BCUT2D eigenvalue weighted by atomic mass is 79.9. The molecule has 0 bridgehead atoms. The molecule has 114 valence electrons. The number of benzene rings is 1. The summed E-state index contributed by atoms with van der Waals surface area (Å²) in [5, 5.41) is 0.000257. The number of imidazole rings is 1. The molecular formula is C16H20BrClN2O. The van der Waals surface area contributed by atoms with Gasteiger partial charge in [-0.05, 0) is 36.5 Å². The molecule has 3 rings (SSSR count). The molecule has 1 aromatic carbocycles. The molecule has 1 aliphatic rings. The van der Waals surface area contributed by atoms with Crippen molar-refractivity contribution in [1.29, 1.82) is 0 Å². The van der Waals surface area contributed by atoms with Gasteiger partial charge in [-0.2, -0.15) is 0 Å². The van der Waals surface area contributed by atoms with E-state index in [1.54, 1.807) is 0 Å². The van der Waals surface area contributed by atoms with E-state index in [0.717, 1.165) is 21.1 Å². The molecule has 1 heterocycles. The first-order chi connectivity index (χ1) is 10.1. The van der Waals surface area contributed by atoms with E-state index in [0.29, 0.717) is 5.92 Å². The Balaban J connectivity index is 1.90. The number of aromatic amines is 2. The lowest BCUT2D eigenvalue weighted by Gasteiger charge is -2.25. The average molecular weight is 372 g/mol. The zero-order valence-electron chi connectivity index (χ0n) is 11.9. The van der Waals surface area contributed by atoms with E-state index in [-0.39, 0.29) is 11.1 Å². The maximum absolute atomic E-state index is 11.4. The predicted octanol–water partition coefficient (Wildman–Crippen LogP) is 5.26. The maximum atomic E-state index is 11.4. The molecule has 2 N–H and O–H groups in total. The summed E-state index contributed by atoms with van der Waals surface area (Å²) in [7, 11) is 0. The Morgan fingerprint density at radius 2 is 1.62 bits per heavy atom. The molecule has 1 fully saturated rings. The third-order valence-electron chi connectivity index (χ3n) is 4.49. The monoisotopic (exact) mass is 370 g/mol. The van der Waals surface area contributed by atoms with Crippen LogP contribution in [0.5, 0.6) is 0 Å². The van der Waals surface area contributed by atoms with Crippen LogP contribution in [-0.4, -0.2) is 9.97 Å². The van der Waals surface area contributed by atoms with Crippen molar-refractivity contribution in [2.45, 2.75) is 50.3 Å². The lowest BCUT2D eigenvalue weighted by Crippen LogP contribution is -2.11. The van der Waals surface area contributed by atoms with Crippen molar-refractivity contribution in [2.75, 3.05) is 0 Å². The van der Waals surface area contributed by atoms with Crippen LogP contribution in [0.4, 0.5) is 0 Å². The molecule has 0 aliphatic heterocycles. The quantitative estimate of drug-likeness (QED) is 0.695. The van der Waals surface area contributed by atoms with Crippen molar-refractivity contribution in [3.05, 3.63) is 32.7 Å². The Labute approximate surface area is 137 Å². The van der Waals surface area contributed by atoms with Gasteiger partial charge in [-0.3, -0.25) is 0 Å². The number of rotatable bonds is 2. The van der Waals surface area contributed by atoms with Crippen LogP contribution in [0.1, 0.15) is 55.9 Å². The molecule has 2 aromatic rings. The lowest BCUT2D eigenvalue weighted by molar-refractivity contribution is 0.368. The Morgan fingerprint density at radius 1 is 1.05 bits per heavy atom. The molecule has 1 aliphatic carbocycles. The zero-order valence-corrected chi connectivity index (χ0v) is 14.3. The predicted molar refractivity (Wildman–Crippen MR) is 91.0 cm³/mol. The van der Waals surface area contributed by atoms with Crippen LogP contribution in [0.3, 0.4) is 0 Å². The van der Waals surface area contributed by atoms with Gasteiger partial charge in [0.2, 0.25) is 0 Å². The second-order valence-corrected chi connectivity index (χ2v) is 7.33. The topological polar surface area (TPSA) is 48.6 Å². The van der Waals surface area contributed by atoms with Gasteiger partial charge in [0.05, 0.1) is 16.4 Å². The van der Waals surface area contributed by atoms with Gasteiger partial charge < -0.3 is 9.97 Å². The number of alkyl halides is 1. The largest absolute Gasteiger partial charge is 0.323 e. The van der Waals surface area contributed by atoms with E-state index < -0.39 is 0 Å². The summed E-state index contributed by atoms with van der Waals surface area (Å²) < 4.78 is 0.979. The van der Waals surface area contributed by atoms with Crippen LogP contribution in [0.25, 0.3) is 11.0 Å². The van der Waals surface area contributed by atoms with Gasteiger partial charge in [0, 0.05) is 4.47 Å². The Kier molecular flexibility index (Phi) is 4.75. The fourth-order valence-corrected chi connectivity index (χ4v) is 4.47. The van der Waals surface area contributed by atoms with E-state index in [4.69, 9.17) is 11.6 Å². The first-order valence-electron chi connectivity index (χ1n) is 7.70.